The van der Waals surface area contributed by atoms with E-state index in [1.165, 1.54) is 24.0 Å². The van der Waals surface area contributed by atoms with Crippen molar-refractivity contribution in [3.8, 4) is 5.69 Å². The molecule has 1 fully saturated rings. The molecule has 0 spiro atoms. The summed E-state index contributed by atoms with van der Waals surface area (Å²) in [7, 11) is 0. The fraction of sp³-hybridized carbons (Fsp3) is 0.429. The van der Waals surface area contributed by atoms with E-state index in [0.29, 0.717) is 5.92 Å². The second-order valence-corrected chi connectivity index (χ2v) is 4.98. The molecule has 0 radical (unpaired) electrons. The highest BCUT2D eigenvalue weighted by molar-refractivity contribution is 5.46. The van der Waals surface area contributed by atoms with Gasteiger partial charge in [-0.1, -0.05) is 17.3 Å². The molecule has 1 aliphatic rings. The highest BCUT2D eigenvalue weighted by Crippen LogP contribution is 2.42. The van der Waals surface area contributed by atoms with E-state index >= 15 is 0 Å². The molecule has 1 N–H and O–H groups in total. The van der Waals surface area contributed by atoms with Gasteiger partial charge in [-0.15, -0.1) is 5.10 Å². The van der Waals surface area contributed by atoms with Gasteiger partial charge in [0.25, 0.3) is 0 Å². The van der Waals surface area contributed by atoms with Crippen molar-refractivity contribution in [1.29, 1.82) is 0 Å². The van der Waals surface area contributed by atoms with Crippen LogP contribution in [0.5, 0.6) is 0 Å². The summed E-state index contributed by atoms with van der Waals surface area (Å²) < 4.78 is 1.91. The summed E-state index contributed by atoms with van der Waals surface area (Å²) in [5, 5.41) is 17.7. The molecule has 4 nitrogen and oxygen atoms in total. The van der Waals surface area contributed by atoms with Crippen molar-refractivity contribution in [2.45, 2.75) is 39.2 Å². The van der Waals surface area contributed by atoms with E-state index in [0.717, 1.165) is 17.1 Å². The summed E-state index contributed by atoms with van der Waals surface area (Å²) in [6, 6.07) is 6.19. The van der Waals surface area contributed by atoms with Gasteiger partial charge in [-0.3, -0.25) is 0 Å². The van der Waals surface area contributed by atoms with Gasteiger partial charge in [0.2, 0.25) is 0 Å². The summed E-state index contributed by atoms with van der Waals surface area (Å²) >= 11 is 0. The molecule has 0 aliphatic heterocycles. The number of rotatable bonds is 3. The Balaban J connectivity index is 2.17. The largest absolute Gasteiger partial charge is 0.390 e. The Bertz CT molecular complexity index is 585. The smallest absolute Gasteiger partial charge is 0.112 e. The predicted molar refractivity (Wildman–Crippen MR) is 68.7 cm³/mol. The second kappa shape index (κ2) is 4.21. The molecule has 94 valence electrons. The zero-order chi connectivity index (χ0) is 12.7. The molecule has 0 bridgehead atoms. The number of aromatic nitrogens is 3. The van der Waals surface area contributed by atoms with Crippen molar-refractivity contribution in [2.75, 3.05) is 0 Å². The van der Waals surface area contributed by atoms with Gasteiger partial charge in [-0.05, 0) is 43.9 Å². The van der Waals surface area contributed by atoms with E-state index in [9.17, 15) is 5.11 Å². The van der Waals surface area contributed by atoms with Crippen LogP contribution in [-0.2, 0) is 6.61 Å². The minimum absolute atomic E-state index is 0.0311. The normalized spacial score (nSPS) is 15.1. The monoisotopic (exact) mass is 243 g/mol. The molecule has 0 saturated heterocycles. The Labute approximate surface area is 106 Å². The van der Waals surface area contributed by atoms with Gasteiger partial charge < -0.3 is 5.11 Å². The maximum absolute atomic E-state index is 9.36. The van der Waals surface area contributed by atoms with Gasteiger partial charge in [0.05, 0.1) is 18.0 Å². The van der Waals surface area contributed by atoms with Gasteiger partial charge in [-0.2, -0.15) is 0 Å². The van der Waals surface area contributed by atoms with Crippen molar-refractivity contribution < 1.29 is 5.11 Å². The van der Waals surface area contributed by atoms with Crippen molar-refractivity contribution in [3.63, 3.8) is 0 Å². The van der Waals surface area contributed by atoms with Crippen LogP contribution in [0.3, 0.4) is 0 Å². The maximum atomic E-state index is 9.36. The second-order valence-electron chi connectivity index (χ2n) is 4.98. The molecule has 0 amide bonds. The maximum Gasteiger partial charge on any atom is 0.112 e. The minimum Gasteiger partial charge on any atom is -0.390 e. The van der Waals surface area contributed by atoms with E-state index in [-0.39, 0.29) is 6.61 Å². The molecule has 4 heteroatoms. The molecule has 2 aromatic rings. The number of nitrogens with zero attached hydrogens (tertiary/aromatic N) is 3. The van der Waals surface area contributed by atoms with E-state index in [1.54, 1.807) is 0 Å². The Hall–Kier alpha value is -1.68. The Morgan fingerprint density at radius 2 is 2.11 bits per heavy atom. The summed E-state index contributed by atoms with van der Waals surface area (Å²) in [5.41, 5.74) is 5.35. The fourth-order valence-corrected chi connectivity index (χ4v) is 2.34. The Morgan fingerprint density at radius 3 is 2.78 bits per heavy atom. The quantitative estimate of drug-likeness (QED) is 0.899. The topological polar surface area (TPSA) is 50.9 Å². The fourth-order valence-electron chi connectivity index (χ4n) is 2.34. The summed E-state index contributed by atoms with van der Waals surface area (Å²) in [6.07, 6.45) is 2.34. The number of hydrogen-bond donors (Lipinski definition) is 1. The van der Waals surface area contributed by atoms with Crippen LogP contribution < -0.4 is 0 Å². The van der Waals surface area contributed by atoms with Gasteiger partial charge in [-0.25, -0.2) is 4.68 Å². The lowest BCUT2D eigenvalue weighted by Crippen LogP contribution is -2.05. The predicted octanol–water partition coefficient (Wildman–Crippen LogP) is 2.25. The number of aliphatic hydroxyl groups excluding tert-OH is 1. The molecule has 1 saturated carbocycles. The first-order valence-electron chi connectivity index (χ1n) is 6.34. The molecule has 3 rings (SSSR count). The van der Waals surface area contributed by atoms with Crippen molar-refractivity contribution in [3.05, 3.63) is 40.7 Å². The van der Waals surface area contributed by atoms with Gasteiger partial charge in [0.15, 0.2) is 0 Å². The van der Waals surface area contributed by atoms with Crippen molar-refractivity contribution in [2.24, 2.45) is 0 Å². The van der Waals surface area contributed by atoms with E-state index in [1.807, 2.05) is 10.7 Å². The van der Waals surface area contributed by atoms with Crippen LogP contribution in [0.15, 0.2) is 18.2 Å². The molecule has 1 aromatic carbocycles. The first kappa shape index (κ1) is 11.4. The molecule has 1 aromatic heterocycles. The summed E-state index contributed by atoms with van der Waals surface area (Å²) in [6.45, 7) is 4.16. The zero-order valence-corrected chi connectivity index (χ0v) is 10.7. The third kappa shape index (κ3) is 1.73. The third-order valence-corrected chi connectivity index (χ3v) is 3.70. The number of aliphatic hydroxyl groups is 1. The first-order valence-corrected chi connectivity index (χ1v) is 6.34. The van der Waals surface area contributed by atoms with Crippen LogP contribution in [0, 0.1) is 13.8 Å². The summed E-state index contributed by atoms with van der Waals surface area (Å²) in [4.78, 5) is 0. The van der Waals surface area contributed by atoms with Crippen LogP contribution >= 0.6 is 0 Å². The van der Waals surface area contributed by atoms with Gasteiger partial charge in [0, 0.05) is 5.92 Å². The molecule has 1 heterocycles. The first-order chi connectivity index (χ1) is 8.72. The van der Waals surface area contributed by atoms with Crippen LogP contribution in [0.1, 0.15) is 41.3 Å². The lowest BCUT2D eigenvalue weighted by molar-refractivity contribution is 0.275. The van der Waals surface area contributed by atoms with Gasteiger partial charge >= 0.3 is 0 Å². The molecule has 1 aliphatic carbocycles. The van der Waals surface area contributed by atoms with E-state index < -0.39 is 0 Å². The molecule has 0 atom stereocenters. The highest BCUT2D eigenvalue weighted by Gasteiger charge is 2.31. The van der Waals surface area contributed by atoms with Gasteiger partial charge in [0.1, 0.15) is 5.69 Å². The molecule has 18 heavy (non-hydrogen) atoms. The molecular formula is C14H17N3O. The van der Waals surface area contributed by atoms with Crippen LogP contribution in [0.25, 0.3) is 5.69 Å². The van der Waals surface area contributed by atoms with Crippen LogP contribution in [-0.4, -0.2) is 20.1 Å². The average Bonchev–Trinajstić information content (AvgIpc) is 3.12. The highest BCUT2D eigenvalue weighted by atomic mass is 16.3. The number of benzene rings is 1. The number of aryl methyl sites for hydroxylation is 1. The van der Waals surface area contributed by atoms with Crippen molar-refractivity contribution >= 4 is 0 Å². The average molecular weight is 243 g/mol. The Kier molecular flexibility index (Phi) is 2.67. The van der Waals surface area contributed by atoms with E-state index in [2.05, 4.69) is 36.3 Å². The van der Waals surface area contributed by atoms with E-state index in [4.69, 9.17) is 0 Å². The lowest BCUT2D eigenvalue weighted by Gasteiger charge is -2.11. The van der Waals surface area contributed by atoms with Crippen LogP contribution in [0.4, 0.5) is 0 Å². The van der Waals surface area contributed by atoms with Crippen molar-refractivity contribution in [1.82, 2.24) is 15.0 Å². The SMILES string of the molecule is Cc1cccc(-n2nnc(CO)c2C2CC2)c1C. The number of hydrogen-bond acceptors (Lipinski definition) is 3. The molecule has 0 unspecified atom stereocenters. The summed E-state index contributed by atoms with van der Waals surface area (Å²) in [5.74, 6) is 0.516. The zero-order valence-electron chi connectivity index (χ0n) is 10.7. The third-order valence-electron chi connectivity index (χ3n) is 3.70. The Morgan fingerprint density at radius 1 is 1.33 bits per heavy atom. The standard InChI is InChI=1S/C14H17N3O/c1-9-4-3-5-13(10(9)2)17-14(11-6-7-11)12(8-18)15-16-17/h3-5,11,18H,6-8H2,1-2H3. The minimum atomic E-state index is -0.0311. The van der Waals surface area contributed by atoms with Crippen LogP contribution in [0.2, 0.25) is 0 Å². The molecular weight excluding hydrogens is 226 g/mol. The lowest BCUT2D eigenvalue weighted by atomic mass is 10.1.